The van der Waals surface area contributed by atoms with Gasteiger partial charge in [-0.1, -0.05) is 190 Å². The van der Waals surface area contributed by atoms with Gasteiger partial charge in [-0.05, 0) is 215 Å². The van der Waals surface area contributed by atoms with Gasteiger partial charge in [0.05, 0.1) is 47.6 Å². The van der Waals surface area contributed by atoms with E-state index in [1.807, 2.05) is 107 Å². The van der Waals surface area contributed by atoms with E-state index < -0.39 is 113 Å². The van der Waals surface area contributed by atoms with Gasteiger partial charge in [-0.3, -0.25) is 43.2 Å². The van der Waals surface area contributed by atoms with E-state index in [1.54, 1.807) is 132 Å². The van der Waals surface area contributed by atoms with Crippen LogP contribution in [0.3, 0.4) is 0 Å². The number of aliphatic hydroxyl groups is 1. The van der Waals surface area contributed by atoms with Crippen molar-refractivity contribution >= 4 is 191 Å². The summed E-state index contributed by atoms with van der Waals surface area (Å²) >= 11 is 16.6. The fourth-order valence-electron chi connectivity index (χ4n) is 11.7. The SMILES string of the molecule is CC(C)C[C@H](NC(=O)Nc1ccc(Br)cc1)C(=O)CCC(C)(C)O.CC(C)C[C@H](NC(=O)Nc1ccc(Br)cc1)C(=O)C[C@@H](C)C(=O)O.CC(C)C[C@H](NC(=O)Nc1ccc(Br)cc1)C(=O)C[C@@H](C)C(N)=O.CC(C)C[C@H](NC(=O)Nc1ccc(Br)cc1)C(=O)C[C@H](C(=O)O)C(C)C.CC(C)C[C@H](NC(=O)Nc1ccc(Br)cc1)C(=O)C[C@H](C(N)=O)C(C)C. The van der Waals surface area contributed by atoms with E-state index in [0.29, 0.717) is 67.0 Å². The van der Waals surface area contributed by atoms with Crippen LogP contribution < -0.4 is 64.6 Å². The predicted octanol–water partition coefficient (Wildman–Crippen LogP) is 18.8. The summed E-state index contributed by atoms with van der Waals surface area (Å²) in [6, 6.07) is 30.0. The van der Waals surface area contributed by atoms with Crippen LogP contribution in [0.5, 0.6) is 0 Å². The molecule has 0 aromatic heterocycles. The zero-order valence-corrected chi connectivity index (χ0v) is 82.1. The number of aliphatic carboxylic acids is 2. The van der Waals surface area contributed by atoms with Gasteiger partial charge in [-0.2, -0.15) is 0 Å². The highest BCUT2D eigenvalue weighted by atomic mass is 79.9. The van der Waals surface area contributed by atoms with Crippen LogP contribution in [0.25, 0.3) is 0 Å². The maximum atomic E-state index is 12.7. The molecule has 0 saturated carbocycles. The zero-order chi connectivity index (χ0) is 94.6. The van der Waals surface area contributed by atoms with Crippen molar-refractivity contribution < 1.29 is 82.4 Å². The number of carbonyl (C=O) groups is 14. The lowest BCUT2D eigenvalue weighted by Gasteiger charge is -2.23. The fraction of sp³-hybridized carbons (Fsp3) is 0.511. The molecule has 5 aromatic carbocycles. The van der Waals surface area contributed by atoms with Crippen LogP contribution in [0.2, 0.25) is 0 Å². The van der Waals surface area contributed by atoms with Gasteiger partial charge in [0.25, 0.3) is 0 Å². The number of rotatable bonds is 42. The van der Waals surface area contributed by atoms with Gasteiger partial charge in [0.15, 0.2) is 28.9 Å². The lowest BCUT2D eigenvalue weighted by molar-refractivity contribution is -0.145. The van der Waals surface area contributed by atoms with Gasteiger partial charge in [-0.15, -0.1) is 0 Å². The quantitative estimate of drug-likeness (QED) is 0.0173. The smallest absolute Gasteiger partial charge is 0.319 e. The van der Waals surface area contributed by atoms with Crippen LogP contribution in [0, 0.1) is 65.1 Å². The van der Waals surface area contributed by atoms with Crippen LogP contribution in [-0.4, -0.2) is 134 Å². The molecule has 0 aliphatic rings. The minimum Gasteiger partial charge on any atom is -0.481 e. The number of anilines is 5. The molecule has 0 fully saturated rings. The molecular weight excluding hydrogens is 1920 g/mol. The lowest BCUT2D eigenvalue weighted by atomic mass is 9.87. The van der Waals surface area contributed by atoms with Crippen LogP contribution >= 0.6 is 79.6 Å². The van der Waals surface area contributed by atoms with E-state index in [-0.39, 0.29) is 102 Å². The second-order valence-electron chi connectivity index (χ2n) is 33.9. The Morgan fingerprint density at radius 2 is 0.516 bits per heavy atom. The molecular formula is C90H129Br5N12O17. The molecule has 17 N–H and O–H groups in total. The molecule has 0 heterocycles. The van der Waals surface area contributed by atoms with E-state index in [4.69, 9.17) is 16.6 Å². The first kappa shape index (κ1) is 113. The molecule has 0 radical (unpaired) electrons. The number of Topliss-reactive ketones (excluding diaryl/α,β-unsaturated/α-hetero) is 5. The molecule has 0 aliphatic heterocycles. The maximum Gasteiger partial charge on any atom is 0.319 e. The van der Waals surface area contributed by atoms with Crippen LogP contribution in [0.15, 0.2) is 144 Å². The molecule has 9 atom stereocenters. The van der Waals surface area contributed by atoms with Crippen molar-refractivity contribution in [2.75, 3.05) is 26.6 Å². The average molecular weight is 2050 g/mol. The Morgan fingerprint density at radius 3 is 0.702 bits per heavy atom. The molecule has 0 spiro atoms. The van der Waals surface area contributed by atoms with Gasteiger partial charge in [-0.25, -0.2) is 24.0 Å². The molecule has 0 aliphatic carbocycles. The van der Waals surface area contributed by atoms with Crippen molar-refractivity contribution in [3.8, 4) is 0 Å². The second-order valence-corrected chi connectivity index (χ2v) is 38.5. The Hall–Kier alpha value is -8.96. The predicted molar refractivity (Wildman–Crippen MR) is 505 cm³/mol. The molecule has 124 heavy (non-hydrogen) atoms. The molecule has 686 valence electrons. The van der Waals surface area contributed by atoms with Gasteiger partial charge < -0.3 is 80.0 Å². The standard InChI is InChI=1S/C19H28BrN3O3.C19H27BrN2O4.C18H27BrN2O3.C17H24BrN3O3.C17H23BrN2O4/c1-11(2)9-16(17(24)10-15(12(3)4)18(21)25)23-19(26)22-14-7-5-13(20)6-8-14;1-11(2)9-16(17(23)10-15(12(3)4)18(24)25)22-19(26)21-14-7-5-13(20)6-8-14;1-12(2)11-15(16(22)9-10-18(3,4)24)21-17(23)20-14-7-5-13(19)6-8-14;1-10(2)8-14(15(22)9-11(3)16(19)23)21-17(24)20-13-6-4-12(18)5-7-13;1-10(2)8-14(15(21)9-11(3)16(22)23)20-17(24)19-13-6-4-12(18)5-7-13/h5-8,11-12,15-16H,9-10H2,1-4H3,(H2,21,25)(H2,22,23,26);5-8,11-12,15-16H,9-10H2,1-4H3,(H,24,25)(H2,21,22,26);5-8,12,15,24H,9-11H2,1-4H3,(H2,20,21,23);4-7,10-11,14H,8-9H2,1-3H3,(H2,19,23)(H2,20,21,24);4-7,10-11,14H,8-9H2,1-3H3,(H,22,23)(H2,19,20,24)/t2*15-,16-;15-;2*11-,14+/m00011/s1. The number of primary amides is 2. The lowest BCUT2D eigenvalue weighted by Crippen LogP contribution is -2.45. The zero-order valence-electron chi connectivity index (χ0n) is 74.2. The van der Waals surface area contributed by atoms with E-state index in [0.717, 1.165) is 22.4 Å². The van der Waals surface area contributed by atoms with Gasteiger partial charge >= 0.3 is 42.1 Å². The van der Waals surface area contributed by atoms with Crippen LogP contribution in [0.4, 0.5) is 52.4 Å². The van der Waals surface area contributed by atoms with Crippen molar-refractivity contribution in [3.05, 3.63) is 144 Å². The number of urea groups is 5. The number of carbonyl (C=O) groups excluding carboxylic acids is 12. The summed E-state index contributed by atoms with van der Waals surface area (Å²) in [4.78, 5) is 168. The van der Waals surface area contributed by atoms with E-state index in [1.165, 1.54) is 6.92 Å². The molecule has 0 saturated heterocycles. The number of nitrogens with two attached hydrogens (primary N) is 2. The summed E-state index contributed by atoms with van der Waals surface area (Å²) in [5.74, 6) is -5.73. The summed E-state index contributed by atoms with van der Waals surface area (Å²) in [5, 5.41) is 55.0. The van der Waals surface area contributed by atoms with E-state index >= 15 is 0 Å². The second kappa shape index (κ2) is 58.3. The molecule has 0 unspecified atom stereocenters. The average Bonchev–Trinajstić information content (AvgIpc) is 0.890. The van der Waals surface area contributed by atoms with Crippen molar-refractivity contribution in [1.82, 2.24) is 26.6 Å². The Morgan fingerprint density at radius 1 is 0.306 bits per heavy atom. The van der Waals surface area contributed by atoms with Crippen molar-refractivity contribution in [3.63, 3.8) is 0 Å². The van der Waals surface area contributed by atoms with E-state index in [2.05, 4.69) is 133 Å². The largest absolute Gasteiger partial charge is 0.481 e. The number of carboxylic acid groups (broad SMARTS) is 2. The maximum absolute atomic E-state index is 12.7. The fourth-order valence-corrected chi connectivity index (χ4v) is 13.0. The minimum absolute atomic E-state index is 0.0191. The number of ketones is 5. The monoisotopic (exact) mass is 2040 g/mol. The first-order chi connectivity index (χ1) is 57.6. The summed E-state index contributed by atoms with van der Waals surface area (Å²) in [6.07, 6.45) is 2.93. The first-order valence-electron chi connectivity index (χ1n) is 41.2. The highest BCUT2D eigenvalue weighted by molar-refractivity contribution is 9.11. The number of carboxylic acids is 2. The highest BCUT2D eigenvalue weighted by Gasteiger charge is 2.33. The summed E-state index contributed by atoms with van der Waals surface area (Å²) in [5.41, 5.74) is 12.8. The molecule has 5 aromatic rings. The third-order valence-electron chi connectivity index (χ3n) is 18.6. The number of hydrogen-bond donors (Lipinski definition) is 15. The number of hydrogen-bond acceptors (Lipinski definition) is 15. The van der Waals surface area contributed by atoms with E-state index in [9.17, 15) is 77.3 Å². The Bertz CT molecular complexity index is 4010. The molecule has 29 nitrogen and oxygen atoms in total. The van der Waals surface area contributed by atoms with Crippen LogP contribution in [0.1, 0.15) is 195 Å². The number of benzene rings is 5. The Labute approximate surface area is 772 Å². The summed E-state index contributed by atoms with van der Waals surface area (Å²) < 4.78 is 4.52. The van der Waals surface area contributed by atoms with Gasteiger partial charge in [0, 0.05) is 94.7 Å². The normalized spacial score (nSPS) is 13.2. The van der Waals surface area contributed by atoms with Crippen LogP contribution in [-0.2, 0) is 43.2 Å². The molecule has 5 rings (SSSR count). The Kier molecular flexibility index (Phi) is 53.2. The summed E-state index contributed by atoms with van der Waals surface area (Å²) in [7, 11) is 0. The van der Waals surface area contributed by atoms with Crippen molar-refractivity contribution in [2.45, 2.75) is 231 Å². The van der Waals surface area contributed by atoms with Crippen molar-refractivity contribution in [2.24, 2.45) is 76.6 Å². The molecule has 34 heteroatoms. The minimum atomic E-state index is -1.02. The third kappa shape index (κ3) is 50.9. The summed E-state index contributed by atoms with van der Waals surface area (Å²) in [6.45, 7) is 33.4. The molecule has 0 bridgehead atoms. The molecule has 12 amide bonds. The number of nitrogens with one attached hydrogen (secondary N) is 10. The Balaban J connectivity index is 0.000000775. The third-order valence-corrected chi connectivity index (χ3v) is 21.2. The van der Waals surface area contributed by atoms with Gasteiger partial charge in [0.1, 0.15) is 0 Å². The van der Waals surface area contributed by atoms with Crippen molar-refractivity contribution in [1.29, 1.82) is 0 Å². The topological polar surface area (TPSA) is 472 Å². The highest BCUT2D eigenvalue weighted by Crippen LogP contribution is 2.25. The first-order valence-corrected chi connectivity index (χ1v) is 45.2. The number of amides is 12. The number of halogens is 5. The van der Waals surface area contributed by atoms with Gasteiger partial charge in [0.2, 0.25) is 11.8 Å².